The van der Waals surface area contributed by atoms with Crippen molar-refractivity contribution in [2.24, 2.45) is 4.99 Å². The van der Waals surface area contributed by atoms with Gasteiger partial charge in [0.25, 0.3) is 0 Å². The quantitative estimate of drug-likeness (QED) is 0.190. The third kappa shape index (κ3) is 15.2. The van der Waals surface area contributed by atoms with E-state index in [4.69, 9.17) is 0 Å². The fourth-order valence-corrected chi connectivity index (χ4v) is 3.50. The maximum atomic E-state index is 4.26. The third-order valence-electron chi connectivity index (χ3n) is 5.22. The minimum absolute atomic E-state index is 1.01. The molecule has 0 amide bonds. The van der Waals surface area contributed by atoms with Gasteiger partial charge < -0.3 is 4.90 Å². The van der Waals surface area contributed by atoms with E-state index in [1.807, 2.05) is 6.34 Å². The first kappa shape index (κ1) is 22.3. The van der Waals surface area contributed by atoms with Crippen molar-refractivity contribution in [3.8, 4) is 0 Å². The summed E-state index contributed by atoms with van der Waals surface area (Å²) < 4.78 is 0. The normalized spacial score (nSPS) is 14.2. The number of nitrogens with zero attached hydrogens (tertiary/aromatic N) is 2. The van der Waals surface area contributed by atoms with Crippen molar-refractivity contribution in [2.75, 3.05) is 19.6 Å². The van der Waals surface area contributed by atoms with Crippen LogP contribution < -0.4 is 0 Å². The maximum absolute atomic E-state index is 4.26. The van der Waals surface area contributed by atoms with Crippen molar-refractivity contribution in [3.63, 3.8) is 0 Å². The predicted octanol–water partition coefficient (Wildman–Crippen LogP) is 7.15. The Bertz CT molecular complexity index is 322. The molecule has 0 fully saturated rings. The molecule has 0 spiro atoms. The Balaban J connectivity index is 1.68. The molecule has 0 aliphatic carbocycles. The molecular weight excluding hydrogens is 304 g/mol. The Morgan fingerprint density at radius 1 is 0.720 bits per heavy atom. The van der Waals surface area contributed by atoms with Crippen LogP contribution in [0.4, 0.5) is 0 Å². The van der Waals surface area contributed by atoms with E-state index < -0.39 is 0 Å². The van der Waals surface area contributed by atoms with Crippen molar-refractivity contribution in [3.05, 3.63) is 12.2 Å². The van der Waals surface area contributed by atoms with E-state index in [0.29, 0.717) is 0 Å². The molecule has 25 heavy (non-hydrogen) atoms. The molecule has 0 saturated heterocycles. The van der Waals surface area contributed by atoms with Gasteiger partial charge in [0.05, 0.1) is 12.9 Å². The van der Waals surface area contributed by atoms with Gasteiger partial charge in [0.2, 0.25) is 0 Å². The smallest absolute Gasteiger partial charge is 0.0851 e. The van der Waals surface area contributed by atoms with Crippen molar-refractivity contribution < 1.29 is 0 Å². The summed E-state index contributed by atoms with van der Waals surface area (Å²) in [5, 5.41) is 0. The number of rotatable bonds is 18. The van der Waals surface area contributed by atoms with E-state index in [1.165, 1.54) is 109 Å². The fourth-order valence-electron chi connectivity index (χ4n) is 3.50. The molecule has 1 aliphatic rings. The molecule has 2 heteroatoms. The largest absolute Gasteiger partial charge is 0.361 e. The summed E-state index contributed by atoms with van der Waals surface area (Å²) in [6, 6.07) is 0. The Morgan fingerprint density at radius 2 is 1.24 bits per heavy atom. The molecule has 0 N–H and O–H groups in total. The van der Waals surface area contributed by atoms with Crippen LogP contribution in [-0.4, -0.2) is 30.9 Å². The van der Waals surface area contributed by atoms with Crippen molar-refractivity contribution >= 4 is 6.34 Å². The highest BCUT2D eigenvalue weighted by molar-refractivity contribution is 5.56. The van der Waals surface area contributed by atoms with Gasteiger partial charge in [-0.15, -0.1) is 0 Å². The second-order valence-corrected chi connectivity index (χ2v) is 7.70. The molecule has 1 heterocycles. The molecule has 0 saturated carbocycles. The average Bonchev–Trinajstić information content (AvgIpc) is 3.14. The van der Waals surface area contributed by atoms with Crippen molar-refractivity contribution in [1.82, 2.24) is 4.90 Å². The van der Waals surface area contributed by atoms with E-state index in [-0.39, 0.29) is 0 Å². The standard InChI is InChI=1S/C23H44N2/c1-2-3-4-5-6-7-8-9-10-11-12-13-14-15-16-17-18-19-21-25-22-20-24-23-25/h9-10,23H,2-8,11-22H2,1H3/b10-9-. The summed E-state index contributed by atoms with van der Waals surface area (Å²) in [5.41, 5.74) is 0. The molecule has 2 nitrogen and oxygen atoms in total. The number of unbranched alkanes of at least 4 members (excludes halogenated alkanes) is 14. The highest BCUT2D eigenvalue weighted by atomic mass is 15.2. The van der Waals surface area contributed by atoms with Crippen LogP contribution in [0.3, 0.4) is 0 Å². The number of hydrogen-bond acceptors (Lipinski definition) is 2. The van der Waals surface area contributed by atoms with Crippen molar-refractivity contribution in [1.29, 1.82) is 0 Å². The van der Waals surface area contributed by atoms with Crippen LogP contribution in [-0.2, 0) is 0 Å². The lowest BCUT2D eigenvalue weighted by Gasteiger charge is -2.12. The van der Waals surface area contributed by atoms with Crippen LogP contribution in [0.25, 0.3) is 0 Å². The zero-order valence-corrected chi connectivity index (χ0v) is 17.1. The zero-order chi connectivity index (χ0) is 17.8. The highest BCUT2D eigenvalue weighted by Crippen LogP contribution is 2.11. The van der Waals surface area contributed by atoms with Crippen LogP contribution in [0.2, 0.25) is 0 Å². The molecule has 0 aromatic rings. The second-order valence-electron chi connectivity index (χ2n) is 7.70. The van der Waals surface area contributed by atoms with Crippen molar-refractivity contribution in [2.45, 2.75) is 110 Å². The van der Waals surface area contributed by atoms with Gasteiger partial charge >= 0.3 is 0 Å². The average molecular weight is 349 g/mol. The number of aliphatic imine (C=N–C) groups is 1. The molecule has 146 valence electrons. The van der Waals surface area contributed by atoms with Crippen LogP contribution in [0.15, 0.2) is 17.1 Å². The summed E-state index contributed by atoms with van der Waals surface area (Å²) in [7, 11) is 0. The topological polar surface area (TPSA) is 15.6 Å². The van der Waals surface area contributed by atoms with Gasteiger partial charge in [-0.1, -0.05) is 89.7 Å². The molecule has 0 aromatic carbocycles. The fraction of sp³-hybridized carbons (Fsp3) is 0.870. The molecule has 0 bridgehead atoms. The van der Waals surface area contributed by atoms with E-state index in [9.17, 15) is 0 Å². The van der Waals surface area contributed by atoms with Gasteiger partial charge in [-0.25, -0.2) is 0 Å². The van der Waals surface area contributed by atoms with Gasteiger partial charge in [-0.05, 0) is 32.1 Å². The summed E-state index contributed by atoms with van der Waals surface area (Å²) >= 11 is 0. The molecule has 1 aliphatic heterocycles. The summed E-state index contributed by atoms with van der Waals surface area (Å²) in [6.45, 7) is 5.66. The molecule has 0 aromatic heterocycles. The predicted molar refractivity (Wildman–Crippen MR) is 114 cm³/mol. The van der Waals surface area contributed by atoms with Crippen LogP contribution in [0, 0.1) is 0 Å². The lowest BCUT2D eigenvalue weighted by atomic mass is 10.1. The monoisotopic (exact) mass is 348 g/mol. The van der Waals surface area contributed by atoms with E-state index in [2.05, 4.69) is 29.0 Å². The summed E-state index contributed by atoms with van der Waals surface area (Å²) in [5.74, 6) is 0. The first-order valence-corrected chi connectivity index (χ1v) is 11.3. The van der Waals surface area contributed by atoms with Crippen LogP contribution in [0.5, 0.6) is 0 Å². The number of hydrogen-bond donors (Lipinski definition) is 0. The van der Waals surface area contributed by atoms with Crippen LogP contribution >= 0.6 is 0 Å². The molecular formula is C23H44N2. The lowest BCUT2D eigenvalue weighted by Crippen LogP contribution is -2.20. The van der Waals surface area contributed by atoms with E-state index in [1.54, 1.807) is 0 Å². The van der Waals surface area contributed by atoms with E-state index in [0.717, 1.165) is 13.1 Å². The van der Waals surface area contributed by atoms with Crippen LogP contribution in [0.1, 0.15) is 110 Å². The third-order valence-corrected chi connectivity index (χ3v) is 5.22. The SMILES string of the molecule is CCCCCCCC/C=C\CCCCCCCCCCN1C=NCC1. The minimum Gasteiger partial charge on any atom is -0.361 e. The lowest BCUT2D eigenvalue weighted by molar-refractivity contribution is 0.438. The maximum Gasteiger partial charge on any atom is 0.0851 e. The summed E-state index contributed by atoms with van der Waals surface area (Å²) in [6.07, 6.45) is 29.2. The highest BCUT2D eigenvalue weighted by Gasteiger charge is 2.03. The molecule has 0 unspecified atom stereocenters. The Hall–Kier alpha value is -0.790. The van der Waals surface area contributed by atoms with E-state index >= 15 is 0 Å². The Kier molecular flexibility index (Phi) is 16.0. The van der Waals surface area contributed by atoms with Gasteiger partial charge in [0.1, 0.15) is 0 Å². The zero-order valence-electron chi connectivity index (χ0n) is 17.1. The first-order valence-electron chi connectivity index (χ1n) is 11.3. The minimum atomic E-state index is 1.01. The van der Waals surface area contributed by atoms with Gasteiger partial charge in [-0.2, -0.15) is 0 Å². The van der Waals surface area contributed by atoms with Gasteiger partial charge in [-0.3, -0.25) is 4.99 Å². The molecule has 1 rings (SSSR count). The second kappa shape index (κ2) is 18.0. The molecule has 0 atom stereocenters. The molecule has 0 radical (unpaired) electrons. The Morgan fingerprint density at radius 3 is 1.76 bits per heavy atom. The summed E-state index contributed by atoms with van der Waals surface area (Å²) in [4.78, 5) is 6.62. The van der Waals surface area contributed by atoms with Gasteiger partial charge in [0, 0.05) is 13.1 Å². The Labute approximate surface area is 158 Å². The van der Waals surface area contributed by atoms with Gasteiger partial charge in [0.15, 0.2) is 0 Å². The number of allylic oxidation sites excluding steroid dienone is 2. The first-order chi connectivity index (χ1) is 12.4.